The van der Waals surface area contributed by atoms with E-state index in [9.17, 15) is 9.59 Å². The largest absolute Gasteiger partial charge is 0.329 e. The van der Waals surface area contributed by atoms with E-state index in [4.69, 9.17) is 11.6 Å². The first-order valence-corrected chi connectivity index (χ1v) is 14.1. The summed E-state index contributed by atoms with van der Waals surface area (Å²) in [7, 11) is 0. The van der Waals surface area contributed by atoms with Crippen LogP contribution in [0.25, 0.3) is 16.5 Å². The summed E-state index contributed by atoms with van der Waals surface area (Å²) in [6.07, 6.45) is 3.75. The van der Waals surface area contributed by atoms with Crippen LogP contribution in [0.3, 0.4) is 0 Å². The molecule has 1 aliphatic heterocycles. The molecule has 0 aliphatic carbocycles. The smallest absolute Gasteiger partial charge is 0.254 e. The van der Waals surface area contributed by atoms with Crippen LogP contribution in [0.1, 0.15) is 47.4 Å². The van der Waals surface area contributed by atoms with E-state index in [1.165, 1.54) is 0 Å². The van der Waals surface area contributed by atoms with Crippen LogP contribution in [0.4, 0.5) is 5.69 Å². The SMILES string of the molecule is CCCCN(CC(=O)N1c2ccccc2-n2cccc2C1c1ccc(Cl)cc1)C(=O)c1cccc2ccccc12. The molecule has 2 heterocycles. The van der Waals surface area contributed by atoms with E-state index >= 15 is 0 Å². The Kier molecular flexibility index (Phi) is 7.14. The maximum atomic E-state index is 14.4. The van der Waals surface area contributed by atoms with Crippen molar-refractivity contribution in [3.05, 3.63) is 131 Å². The fraction of sp³-hybridized carbons (Fsp3) is 0.176. The van der Waals surface area contributed by atoms with Crippen LogP contribution in [-0.4, -0.2) is 34.4 Å². The Morgan fingerprint density at radius 2 is 1.55 bits per heavy atom. The molecule has 1 unspecified atom stereocenters. The molecule has 200 valence electrons. The number of hydrogen-bond acceptors (Lipinski definition) is 2. The number of benzene rings is 4. The molecule has 2 amide bonds. The van der Waals surface area contributed by atoms with Gasteiger partial charge in [0.25, 0.3) is 5.91 Å². The lowest BCUT2D eigenvalue weighted by molar-refractivity contribution is -0.119. The third-order valence-electron chi connectivity index (χ3n) is 7.59. The van der Waals surface area contributed by atoms with Crippen molar-refractivity contribution in [3.8, 4) is 5.69 Å². The Morgan fingerprint density at radius 3 is 2.35 bits per heavy atom. The number of carbonyl (C=O) groups excluding carboxylic acids is 2. The van der Waals surface area contributed by atoms with E-state index < -0.39 is 0 Å². The van der Waals surface area contributed by atoms with Crippen LogP contribution in [0.2, 0.25) is 5.02 Å². The van der Waals surface area contributed by atoms with E-state index in [-0.39, 0.29) is 24.4 Å². The molecule has 0 radical (unpaired) electrons. The maximum absolute atomic E-state index is 14.4. The van der Waals surface area contributed by atoms with Gasteiger partial charge in [-0.2, -0.15) is 0 Å². The van der Waals surface area contributed by atoms with E-state index in [1.807, 2.05) is 114 Å². The number of hydrogen-bond donors (Lipinski definition) is 0. The van der Waals surface area contributed by atoms with E-state index in [1.54, 1.807) is 4.90 Å². The predicted octanol–water partition coefficient (Wildman–Crippen LogP) is 7.66. The molecule has 1 aliphatic rings. The second-order valence-electron chi connectivity index (χ2n) is 10.1. The fourth-order valence-corrected chi connectivity index (χ4v) is 5.77. The van der Waals surface area contributed by atoms with Gasteiger partial charge in [-0.15, -0.1) is 0 Å². The molecule has 1 aromatic heterocycles. The van der Waals surface area contributed by atoms with Gasteiger partial charge < -0.3 is 9.47 Å². The maximum Gasteiger partial charge on any atom is 0.254 e. The molecule has 6 heteroatoms. The van der Waals surface area contributed by atoms with E-state index in [0.29, 0.717) is 17.1 Å². The summed E-state index contributed by atoms with van der Waals surface area (Å²) in [5, 5.41) is 2.53. The monoisotopic (exact) mass is 547 g/mol. The molecule has 4 aromatic carbocycles. The highest BCUT2D eigenvalue weighted by Gasteiger charge is 2.37. The number of carbonyl (C=O) groups is 2. The number of para-hydroxylation sites is 2. The van der Waals surface area contributed by atoms with Crippen LogP contribution >= 0.6 is 11.6 Å². The average Bonchev–Trinajstić information content (AvgIpc) is 3.48. The van der Waals surface area contributed by atoms with Crippen LogP contribution in [0, 0.1) is 0 Å². The normalized spacial score (nSPS) is 14.1. The van der Waals surface area contributed by atoms with Crippen molar-refractivity contribution in [2.75, 3.05) is 18.0 Å². The molecule has 0 bridgehead atoms. The summed E-state index contributed by atoms with van der Waals surface area (Å²) in [6.45, 7) is 2.57. The van der Waals surface area contributed by atoms with Crippen LogP contribution in [0.5, 0.6) is 0 Å². The highest BCUT2D eigenvalue weighted by atomic mass is 35.5. The Bertz CT molecular complexity index is 1690. The zero-order valence-electron chi connectivity index (χ0n) is 22.3. The molecule has 0 spiro atoms. The lowest BCUT2D eigenvalue weighted by Gasteiger charge is -2.39. The Morgan fingerprint density at radius 1 is 0.825 bits per heavy atom. The minimum atomic E-state index is -0.365. The minimum absolute atomic E-state index is 0.0266. The van der Waals surface area contributed by atoms with Gasteiger partial charge >= 0.3 is 0 Å². The first-order chi connectivity index (χ1) is 19.6. The number of rotatable bonds is 7. The molecular formula is C34H30ClN3O2. The fourth-order valence-electron chi connectivity index (χ4n) is 5.65. The topological polar surface area (TPSA) is 45.6 Å². The second kappa shape index (κ2) is 11.0. The predicted molar refractivity (Wildman–Crippen MR) is 161 cm³/mol. The van der Waals surface area contributed by atoms with Crippen molar-refractivity contribution in [2.24, 2.45) is 0 Å². The van der Waals surface area contributed by atoms with Crippen molar-refractivity contribution in [1.82, 2.24) is 9.47 Å². The van der Waals surface area contributed by atoms with Crippen LogP contribution < -0.4 is 4.90 Å². The number of unbranched alkanes of at least 4 members (excludes halogenated alkanes) is 1. The molecule has 1 atom stereocenters. The van der Waals surface area contributed by atoms with Gasteiger partial charge in [0.05, 0.1) is 17.1 Å². The van der Waals surface area contributed by atoms with Crippen molar-refractivity contribution in [3.63, 3.8) is 0 Å². The molecule has 5 nitrogen and oxygen atoms in total. The minimum Gasteiger partial charge on any atom is -0.329 e. The highest BCUT2D eigenvalue weighted by molar-refractivity contribution is 6.30. The van der Waals surface area contributed by atoms with Gasteiger partial charge in [0.15, 0.2) is 0 Å². The number of halogens is 1. The molecule has 40 heavy (non-hydrogen) atoms. The summed E-state index contributed by atoms with van der Waals surface area (Å²) in [6, 6.07) is 32.9. The molecular weight excluding hydrogens is 518 g/mol. The second-order valence-corrected chi connectivity index (χ2v) is 10.6. The van der Waals surface area contributed by atoms with Gasteiger partial charge in [0.2, 0.25) is 5.91 Å². The van der Waals surface area contributed by atoms with Crippen molar-refractivity contribution in [1.29, 1.82) is 0 Å². The number of anilines is 1. The Balaban J connectivity index is 1.41. The number of nitrogens with zero attached hydrogens (tertiary/aromatic N) is 3. The van der Waals surface area contributed by atoms with Crippen molar-refractivity contribution >= 4 is 39.9 Å². The summed E-state index contributed by atoms with van der Waals surface area (Å²) in [4.78, 5) is 32.0. The van der Waals surface area contributed by atoms with Crippen LogP contribution in [0.15, 0.2) is 109 Å². The van der Waals surface area contributed by atoms with Gasteiger partial charge in [-0.05, 0) is 65.2 Å². The average molecular weight is 548 g/mol. The van der Waals surface area contributed by atoms with E-state index in [0.717, 1.165) is 46.2 Å². The van der Waals surface area contributed by atoms with Gasteiger partial charge in [-0.3, -0.25) is 14.5 Å². The highest BCUT2D eigenvalue weighted by Crippen LogP contribution is 2.42. The number of fused-ring (bicyclic) bond motifs is 4. The Labute approximate surface area is 239 Å². The quantitative estimate of drug-likeness (QED) is 0.210. The third kappa shape index (κ3) is 4.67. The Hall–Kier alpha value is -4.35. The first-order valence-electron chi connectivity index (χ1n) is 13.7. The lowest BCUT2D eigenvalue weighted by atomic mass is 9.97. The van der Waals surface area contributed by atoms with E-state index in [2.05, 4.69) is 11.5 Å². The first kappa shape index (κ1) is 25.9. The van der Waals surface area contributed by atoms with Crippen molar-refractivity contribution < 1.29 is 9.59 Å². The zero-order chi connectivity index (χ0) is 27.6. The van der Waals surface area contributed by atoms with Gasteiger partial charge in [0, 0.05) is 23.3 Å². The van der Waals surface area contributed by atoms with Gasteiger partial charge in [0.1, 0.15) is 12.6 Å². The summed E-state index contributed by atoms with van der Waals surface area (Å²) < 4.78 is 2.13. The summed E-state index contributed by atoms with van der Waals surface area (Å²) >= 11 is 6.23. The molecule has 0 saturated heterocycles. The van der Waals surface area contributed by atoms with Crippen molar-refractivity contribution in [2.45, 2.75) is 25.8 Å². The van der Waals surface area contributed by atoms with Gasteiger partial charge in [-0.25, -0.2) is 0 Å². The molecule has 6 rings (SSSR count). The summed E-state index contributed by atoms with van der Waals surface area (Å²) in [5.41, 5.74) is 4.29. The summed E-state index contributed by atoms with van der Waals surface area (Å²) in [5.74, 6) is -0.264. The molecule has 0 saturated carbocycles. The number of aromatic nitrogens is 1. The lowest BCUT2D eigenvalue weighted by Crippen LogP contribution is -2.47. The number of amides is 2. The molecule has 0 N–H and O–H groups in total. The zero-order valence-corrected chi connectivity index (χ0v) is 23.1. The molecule has 0 fully saturated rings. The van der Waals surface area contributed by atoms with Gasteiger partial charge in [-0.1, -0.05) is 85.6 Å². The van der Waals surface area contributed by atoms with Crippen LogP contribution in [-0.2, 0) is 4.79 Å². The third-order valence-corrected chi connectivity index (χ3v) is 7.84. The molecule has 5 aromatic rings. The standard InChI is InChI=1S/C34H30ClN3O2/c1-2-3-21-36(34(40)28-13-8-11-24-10-4-5-12-27(24)28)23-32(39)38-30-15-7-6-14-29(30)37-22-9-16-31(37)33(38)25-17-19-26(35)20-18-25/h4-20,22,33H,2-3,21,23H2,1H3.